The van der Waals surface area contributed by atoms with Crippen LogP contribution in [0.5, 0.6) is 5.75 Å². The molecule has 0 bridgehead atoms. The fourth-order valence-corrected chi connectivity index (χ4v) is 3.36. The summed E-state index contributed by atoms with van der Waals surface area (Å²) < 4.78 is 28.7. The van der Waals surface area contributed by atoms with Crippen molar-refractivity contribution >= 4 is 40.1 Å². The second kappa shape index (κ2) is 9.51. The van der Waals surface area contributed by atoms with Crippen LogP contribution in [0.4, 0.5) is 20.3 Å². The molecule has 2 N–H and O–H groups in total. The van der Waals surface area contributed by atoms with E-state index in [1.54, 1.807) is 6.92 Å². The lowest BCUT2D eigenvalue weighted by Gasteiger charge is -2.13. The zero-order valence-corrected chi connectivity index (χ0v) is 16.7. The zero-order valence-electron chi connectivity index (χ0n) is 15.9. The summed E-state index contributed by atoms with van der Waals surface area (Å²) in [6.45, 7) is 1.56. The Morgan fingerprint density at radius 1 is 1.14 bits per heavy atom. The van der Waals surface area contributed by atoms with Gasteiger partial charge < -0.3 is 15.4 Å². The number of aromatic nitrogens is 2. The molecule has 9 heteroatoms. The molecular weight excluding hydrogens is 398 g/mol. The van der Waals surface area contributed by atoms with E-state index < -0.39 is 11.9 Å². The Kier molecular flexibility index (Phi) is 6.82. The molecule has 0 saturated carbocycles. The van der Waals surface area contributed by atoms with Crippen molar-refractivity contribution in [1.29, 1.82) is 0 Å². The summed E-state index contributed by atoms with van der Waals surface area (Å²) in [6.07, 6.45) is 0. The van der Waals surface area contributed by atoms with Crippen molar-refractivity contribution in [3.63, 3.8) is 0 Å². The van der Waals surface area contributed by atoms with E-state index in [4.69, 9.17) is 0 Å². The van der Waals surface area contributed by atoms with E-state index in [1.165, 1.54) is 36.0 Å². The fourth-order valence-electron chi connectivity index (χ4n) is 2.59. The van der Waals surface area contributed by atoms with Crippen molar-refractivity contribution in [2.24, 2.45) is 0 Å². The molecule has 0 aliphatic carbocycles. The number of nitrogens with zero attached hydrogens (tertiary/aromatic N) is 2. The highest BCUT2D eigenvalue weighted by Gasteiger charge is 2.18. The fraction of sp³-hybridized carbons (Fsp3) is 0.250. The van der Waals surface area contributed by atoms with Crippen molar-refractivity contribution < 1.29 is 18.3 Å². The smallest absolute Gasteiger partial charge is 0.387 e. The number of hydrogen-bond acceptors (Lipinski definition) is 6. The number of alkyl halides is 2. The first-order valence-corrected chi connectivity index (χ1v) is 9.87. The topological polar surface area (TPSA) is 76.1 Å². The minimum atomic E-state index is -2.89. The molecule has 29 heavy (non-hydrogen) atoms. The summed E-state index contributed by atoms with van der Waals surface area (Å²) in [7, 11) is 0. The standard InChI is InChI=1S/C20H20F2N4O2S/c1-3-23-17-15-6-4-5-7-16(15)25-20(26-17)29-12(2)18(27)24-13-8-10-14(11-9-13)28-19(21)22/h4-12,19H,3H2,1-2H3,(H,24,27)(H,23,25,26). The molecule has 0 spiro atoms. The molecule has 0 aliphatic heterocycles. The second-order valence-electron chi connectivity index (χ2n) is 6.05. The number of para-hydroxylation sites is 1. The molecule has 6 nitrogen and oxygen atoms in total. The van der Waals surface area contributed by atoms with Crippen LogP contribution in [0, 0.1) is 0 Å². The number of carbonyl (C=O) groups is 1. The zero-order chi connectivity index (χ0) is 20.8. The molecule has 0 saturated heterocycles. The van der Waals surface area contributed by atoms with E-state index >= 15 is 0 Å². The van der Waals surface area contributed by atoms with Crippen LogP contribution in [0.15, 0.2) is 53.7 Å². The SMILES string of the molecule is CCNc1nc(SC(C)C(=O)Nc2ccc(OC(F)F)cc2)nc2ccccc12. The van der Waals surface area contributed by atoms with Gasteiger partial charge in [0.05, 0.1) is 10.8 Å². The first-order valence-electron chi connectivity index (χ1n) is 8.99. The molecule has 3 rings (SSSR count). The summed E-state index contributed by atoms with van der Waals surface area (Å²) in [5.74, 6) is 0.503. The lowest BCUT2D eigenvalue weighted by atomic mass is 10.2. The van der Waals surface area contributed by atoms with E-state index in [0.717, 1.165) is 16.7 Å². The van der Waals surface area contributed by atoms with Crippen LogP contribution in [0.3, 0.4) is 0 Å². The van der Waals surface area contributed by atoms with E-state index in [9.17, 15) is 13.6 Å². The van der Waals surface area contributed by atoms with E-state index in [0.29, 0.717) is 17.4 Å². The van der Waals surface area contributed by atoms with E-state index in [1.807, 2.05) is 31.2 Å². The monoisotopic (exact) mass is 418 g/mol. The Balaban J connectivity index is 1.69. The van der Waals surface area contributed by atoms with Crippen LogP contribution in [0.2, 0.25) is 0 Å². The maximum absolute atomic E-state index is 12.5. The molecular formula is C20H20F2N4O2S. The summed E-state index contributed by atoms with van der Waals surface area (Å²) in [6, 6.07) is 13.4. The lowest BCUT2D eigenvalue weighted by molar-refractivity contribution is -0.115. The Labute approximate surface area is 171 Å². The predicted molar refractivity (Wildman–Crippen MR) is 111 cm³/mol. The Morgan fingerprint density at radius 2 is 1.86 bits per heavy atom. The first kappa shape index (κ1) is 20.8. The number of anilines is 2. The molecule has 0 fully saturated rings. The molecule has 2 aromatic carbocycles. The number of thioether (sulfide) groups is 1. The predicted octanol–water partition coefficient (Wildman–Crippen LogP) is 4.78. The first-order chi connectivity index (χ1) is 14.0. The van der Waals surface area contributed by atoms with Crippen LogP contribution >= 0.6 is 11.8 Å². The average molecular weight is 418 g/mol. The summed E-state index contributed by atoms with van der Waals surface area (Å²) in [5, 5.41) is 6.90. The van der Waals surface area contributed by atoms with Gasteiger partial charge in [-0.2, -0.15) is 8.78 Å². The van der Waals surface area contributed by atoms with Crippen molar-refractivity contribution in [2.45, 2.75) is 30.9 Å². The van der Waals surface area contributed by atoms with Gasteiger partial charge in [0, 0.05) is 17.6 Å². The molecule has 1 atom stereocenters. The Morgan fingerprint density at radius 3 is 2.55 bits per heavy atom. The highest BCUT2D eigenvalue weighted by atomic mass is 32.2. The van der Waals surface area contributed by atoms with Crippen molar-refractivity contribution in [3.8, 4) is 5.75 Å². The highest BCUT2D eigenvalue weighted by molar-refractivity contribution is 8.00. The number of hydrogen-bond donors (Lipinski definition) is 2. The van der Waals surface area contributed by atoms with Gasteiger partial charge in [0.15, 0.2) is 5.16 Å². The van der Waals surface area contributed by atoms with Crippen LogP contribution in [0.1, 0.15) is 13.8 Å². The van der Waals surface area contributed by atoms with Crippen LogP contribution in [-0.4, -0.2) is 34.3 Å². The second-order valence-corrected chi connectivity index (χ2v) is 7.36. The summed E-state index contributed by atoms with van der Waals surface area (Å²) in [5.41, 5.74) is 1.28. The maximum Gasteiger partial charge on any atom is 0.387 e. The van der Waals surface area contributed by atoms with Gasteiger partial charge in [-0.1, -0.05) is 23.9 Å². The number of benzene rings is 2. The van der Waals surface area contributed by atoms with Crippen LogP contribution < -0.4 is 15.4 Å². The highest BCUT2D eigenvalue weighted by Crippen LogP contribution is 2.27. The molecule has 1 heterocycles. The van der Waals surface area contributed by atoms with Crippen molar-refractivity contribution in [1.82, 2.24) is 9.97 Å². The minimum absolute atomic E-state index is 0.0286. The maximum atomic E-state index is 12.5. The number of nitrogens with one attached hydrogen (secondary N) is 2. The third-order valence-electron chi connectivity index (χ3n) is 3.93. The van der Waals surface area contributed by atoms with Gasteiger partial charge >= 0.3 is 6.61 Å². The molecule has 1 amide bonds. The lowest BCUT2D eigenvalue weighted by Crippen LogP contribution is -2.22. The van der Waals surface area contributed by atoms with Crippen LogP contribution in [0.25, 0.3) is 10.9 Å². The van der Waals surface area contributed by atoms with Gasteiger partial charge in [-0.15, -0.1) is 0 Å². The van der Waals surface area contributed by atoms with Gasteiger partial charge in [0.2, 0.25) is 5.91 Å². The number of fused-ring (bicyclic) bond motifs is 1. The van der Waals surface area contributed by atoms with Gasteiger partial charge in [-0.05, 0) is 50.2 Å². The average Bonchev–Trinajstić information content (AvgIpc) is 2.69. The number of halogens is 2. The van der Waals surface area contributed by atoms with E-state index in [2.05, 4.69) is 25.3 Å². The molecule has 1 unspecified atom stereocenters. The van der Waals surface area contributed by atoms with Crippen molar-refractivity contribution in [3.05, 3.63) is 48.5 Å². The largest absolute Gasteiger partial charge is 0.435 e. The van der Waals surface area contributed by atoms with Gasteiger partial charge in [0.25, 0.3) is 0 Å². The number of amides is 1. The molecule has 152 valence electrons. The van der Waals surface area contributed by atoms with Gasteiger partial charge in [-0.25, -0.2) is 9.97 Å². The molecule has 3 aromatic rings. The van der Waals surface area contributed by atoms with Gasteiger partial charge in [0.1, 0.15) is 11.6 Å². The minimum Gasteiger partial charge on any atom is -0.435 e. The molecule has 1 aromatic heterocycles. The van der Waals surface area contributed by atoms with Gasteiger partial charge in [-0.3, -0.25) is 4.79 Å². The van der Waals surface area contributed by atoms with Crippen molar-refractivity contribution in [2.75, 3.05) is 17.2 Å². The third kappa shape index (κ3) is 5.54. The number of ether oxygens (including phenoxy) is 1. The van der Waals surface area contributed by atoms with Crippen LogP contribution in [-0.2, 0) is 4.79 Å². The Hall–Kier alpha value is -2.94. The molecule has 0 radical (unpaired) electrons. The summed E-state index contributed by atoms with van der Waals surface area (Å²) in [4.78, 5) is 21.6. The summed E-state index contributed by atoms with van der Waals surface area (Å²) >= 11 is 1.24. The quantitative estimate of drug-likeness (QED) is 0.405. The Bertz CT molecular complexity index is 986. The third-order valence-corrected chi connectivity index (χ3v) is 4.89. The van der Waals surface area contributed by atoms with E-state index in [-0.39, 0.29) is 11.7 Å². The molecule has 0 aliphatic rings. The number of rotatable bonds is 8. The number of carbonyl (C=O) groups excluding carboxylic acids is 1. The normalized spacial score (nSPS) is 12.0.